The molecule has 0 aliphatic rings. The van der Waals surface area contributed by atoms with Crippen LogP contribution in [0.1, 0.15) is 32.8 Å². The van der Waals surface area contributed by atoms with Crippen molar-refractivity contribution in [2.24, 2.45) is 0 Å². The number of amides is 1. The molecule has 6 nitrogen and oxygen atoms in total. The van der Waals surface area contributed by atoms with E-state index in [1.54, 1.807) is 43.3 Å². The number of carbonyl (C=O) groups is 1. The molecule has 0 aliphatic carbocycles. The van der Waals surface area contributed by atoms with Crippen molar-refractivity contribution in [3.05, 3.63) is 54.1 Å². The molecule has 2 aromatic carbocycles. The average molecular weight is 405 g/mol. The van der Waals surface area contributed by atoms with Gasteiger partial charge in [0.1, 0.15) is 11.8 Å². The van der Waals surface area contributed by atoms with Crippen molar-refractivity contribution in [3.8, 4) is 5.75 Å². The van der Waals surface area contributed by atoms with Gasteiger partial charge in [-0.25, -0.2) is 8.42 Å². The maximum Gasteiger partial charge on any atom is 0.248 e. The van der Waals surface area contributed by atoms with E-state index in [9.17, 15) is 13.2 Å². The van der Waals surface area contributed by atoms with Gasteiger partial charge in [-0.15, -0.1) is 0 Å². The molecule has 0 radical (unpaired) electrons. The van der Waals surface area contributed by atoms with Gasteiger partial charge in [-0.3, -0.25) is 9.10 Å². The Kier molecular flexibility index (Phi) is 7.07. The molecule has 152 valence electrons. The molecule has 28 heavy (non-hydrogen) atoms. The number of hydrogen-bond donors (Lipinski definition) is 1. The highest BCUT2D eigenvalue weighted by Crippen LogP contribution is 2.24. The van der Waals surface area contributed by atoms with E-state index in [0.29, 0.717) is 23.5 Å². The normalized spacial score (nSPS) is 12.5. The molecular weight excluding hydrogens is 376 g/mol. The van der Waals surface area contributed by atoms with Crippen LogP contribution < -0.4 is 14.4 Å². The van der Waals surface area contributed by atoms with Crippen molar-refractivity contribution in [1.82, 2.24) is 0 Å². The second kappa shape index (κ2) is 9.10. The first-order valence-corrected chi connectivity index (χ1v) is 11.1. The lowest BCUT2D eigenvalue weighted by molar-refractivity contribution is -0.117. The number of carbonyl (C=O) groups excluding carboxylic acids is 1. The summed E-state index contributed by atoms with van der Waals surface area (Å²) >= 11 is 0. The molecule has 1 atom stereocenters. The SMILES string of the molecule is CC[C@H](C(=O)Nc1ccc(OC(C)C)cc1)N(c1ccc(C)cc1)S(C)(=O)=O. The van der Waals surface area contributed by atoms with Gasteiger partial charge >= 0.3 is 0 Å². The Morgan fingerprint density at radius 2 is 1.64 bits per heavy atom. The fourth-order valence-corrected chi connectivity index (χ4v) is 4.08. The van der Waals surface area contributed by atoms with Crippen LogP contribution in [0.3, 0.4) is 0 Å². The Morgan fingerprint density at radius 3 is 2.11 bits per heavy atom. The largest absolute Gasteiger partial charge is 0.491 e. The second-order valence-corrected chi connectivity index (χ2v) is 8.86. The minimum absolute atomic E-state index is 0.0581. The van der Waals surface area contributed by atoms with Gasteiger partial charge in [0, 0.05) is 5.69 Å². The smallest absolute Gasteiger partial charge is 0.248 e. The number of anilines is 2. The van der Waals surface area contributed by atoms with Gasteiger partial charge < -0.3 is 10.1 Å². The summed E-state index contributed by atoms with van der Waals surface area (Å²) in [5.74, 6) is 0.323. The predicted molar refractivity (Wildman–Crippen MR) is 113 cm³/mol. The van der Waals surface area contributed by atoms with Gasteiger partial charge in [-0.2, -0.15) is 0 Å². The molecule has 2 rings (SSSR count). The summed E-state index contributed by atoms with van der Waals surface area (Å²) in [6.45, 7) is 7.58. The zero-order valence-electron chi connectivity index (χ0n) is 17.0. The Balaban J connectivity index is 2.25. The number of nitrogens with zero attached hydrogens (tertiary/aromatic N) is 1. The zero-order valence-corrected chi connectivity index (χ0v) is 17.8. The van der Waals surface area contributed by atoms with Crippen LogP contribution in [0, 0.1) is 6.92 Å². The van der Waals surface area contributed by atoms with E-state index in [-0.39, 0.29) is 12.0 Å². The molecule has 7 heteroatoms. The summed E-state index contributed by atoms with van der Waals surface area (Å²) in [7, 11) is -3.65. The lowest BCUT2D eigenvalue weighted by atomic mass is 10.1. The first kappa shape index (κ1) is 21.8. The van der Waals surface area contributed by atoms with Crippen molar-refractivity contribution in [3.63, 3.8) is 0 Å². The van der Waals surface area contributed by atoms with Gasteiger partial charge in [-0.05, 0) is 63.6 Å². The van der Waals surface area contributed by atoms with Crippen LogP contribution in [0.5, 0.6) is 5.75 Å². The van der Waals surface area contributed by atoms with Crippen molar-refractivity contribution in [2.75, 3.05) is 15.9 Å². The number of benzene rings is 2. The van der Waals surface area contributed by atoms with Crippen LogP contribution in [0.4, 0.5) is 11.4 Å². The van der Waals surface area contributed by atoms with Crippen LogP contribution in [0.15, 0.2) is 48.5 Å². The van der Waals surface area contributed by atoms with Crippen molar-refractivity contribution in [2.45, 2.75) is 46.3 Å². The minimum atomic E-state index is -3.65. The standard InChI is InChI=1S/C21H28N2O4S/c1-6-20(23(28(5,25)26)18-11-7-16(4)8-12-18)21(24)22-17-9-13-19(14-10-17)27-15(2)3/h7-15,20H,6H2,1-5H3,(H,22,24)/t20-/m1/s1. The highest BCUT2D eigenvalue weighted by molar-refractivity contribution is 7.92. The number of hydrogen-bond acceptors (Lipinski definition) is 4. The number of nitrogens with one attached hydrogen (secondary N) is 1. The maximum atomic E-state index is 12.9. The zero-order chi connectivity index (χ0) is 20.9. The third kappa shape index (κ3) is 5.73. The third-order valence-corrected chi connectivity index (χ3v) is 5.29. The highest BCUT2D eigenvalue weighted by Gasteiger charge is 2.31. The lowest BCUT2D eigenvalue weighted by Crippen LogP contribution is -2.47. The molecule has 0 fully saturated rings. The molecule has 0 unspecified atom stereocenters. The molecule has 0 aliphatic heterocycles. The topological polar surface area (TPSA) is 75.7 Å². The minimum Gasteiger partial charge on any atom is -0.491 e. The van der Waals surface area contributed by atoms with Crippen LogP contribution in [-0.4, -0.2) is 32.7 Å². The van der Waals surface area contributed by atoms with E-state index in [4.69, 9.17) is 4.74 Å². The van der Waals surface area contributed by atoms with E-state index < -0.39 is 16.1 Å². The Bertz CT molecular complexity index is 891. The first-order chi connectivity index (χ1) is 13.1. The Morgan fingerprint density at radius 1 is 1.07 bits per heavy atom. The summed E-state index contributed by atoms with van der Waals surface area (Å²) in [6, 6.07) is 13.2. The number of ether oxygens (including phenoxy) is 1. The monoisotopic (exact) mass is 404 g/mol. The summed E-state index contributed by atoms with van der Waals surface area (Å²) < 4.78 is 31.7. The summed E-state index contributed by atoms with van der Waals surface area (Å²) in [5, 5.41) is 2.81. The molecule has 1 amide bonds. The van der Waals surface area contributed by atoms with Gasteiger partial charge in [-0.1, -0.05) is 24.6 Å². The van der Waals surface area contributed by atoms with E-state index in [1.165, 1.54) is 4.31 Å². The van der Waals surface area contributed by atoms with Crippen molar-refractivity contribution < 1.29 is 17.9 Å². The number of aryl methyl sites for hydroxylation is 1. The summed E-state index contributed by atoms with van der Waals surface area (Å²) in [5.41, 5.74) is 2.06. The van der Waals surface area contributed by atoms with Crippen molar-refractivity contribution in [1.29, 1.82) is 0 Å². The first-order valence-electron chi connectivity index (χ1n) is 9.25. The van der Waals surface area contributed by atoms with Gasteiger partial charge in [0.2, 0.25) is 15.9 Å². The van der Waals surface area contributed by atoms with E-state index in [1.807, 2.05) is 32.9 Å². The average Bonchev–Trinajstić information content (AvgIpc) is 2.60. The third-order valence-electron chi connectivity index (χ3n) is 4.11. The van der Waals surface area contributed by atoms with Gasteiger partial charge in [0.05, 0.1) is 18.0 Å². The van der Waals surface area contributed by atoms with Crippen LogP contribution in [0.2, 0.25) is 0 Å². The lowest BCUT2D eigenvalue weighted by Gasteiger charge is -2.30. The Labute approximate surface area is 167 Å². The molecule has 0 spiro atoms. The van der Waals surface area contributed by atoms with E-state index >= 15 is 0 Å². The fourth-order valence-electron chi connectivity index (χ4n) is 2.87. The predicted octanol–water partition coefficient (Wildman–Crippen LogP) is 3.97. The number of rotatable bonds is 8. The summed E-state index contributed by atoms with van der Waals surface area (Å²) in [6.07, 6.45) is 1.50. The molecular formula is C21H28N2O4S. The van der Waals surface area contributed by atoms with Crippen molar-refractivity contribution >= 4 is 27.3 Å². The van der Waals surface area contributed by atoms with E-state index in [0.717, 1.165) is 11.8 Å². The summed E-state index contributed by atoms with van der Waals surface area (Å²) in [4.78, 5) is 12.9. The molecule has 0 heterocycles. The highest BCUT2D eigenvalue weighted by atomic mass is 32.2. The van der Waals surface area contributed by atoms with Crippen LogP contribution in [0.25, 0.3) is 0 Å². The molecule has 0 aromatic heterocycles. The van der Waals surface area contributed by atoms with Gasteiger partial charge in [0.15, 0.2) is 0 Å². The molecule has 1 N–H and O–H groups in total. The quantitative estimate of drug-likeness (QED) is 0.722. The van der Waals surface area contributed by atoms with Gasteiger partial charge in [0.25, 0.3) is 0 Å². The molecule has 0 saturated carbocycles. The maximum absolute atomic E-state index is 12.9. The van der Waals surface area contributed by atoms with E-state index in [2.05, 4.69) is 5.32 Å². The number of sulfonamides is 1. The molecule has 2 aromatic rings. The Hall–Kier alpha value is -2.54. The fraction of sp³-hybridized carbons (Fsp3) is 0.381. The van der Waals surface area contributed by atoms with Crippen LogP contribution in [-0.2, 0) is 14.8 Å². The van der Waals surface area contributed by atoms with Crippen LogP contribution >= 0.6 is 0 Å². The second-order valence-electron chi connectivity index (χ2n) is 7.00. The molecule has 0 bridgehead atoms. The molecule has 0 saturated heterocycles.